The number of halogens is 1. The second kappa shape index (κ2) is 7.17. The summed E-state index contributed by atoms with van der Waals surface area (Å²) in [7, 11) is 1.70. The van der Waals surface area contributed by atoms with Crippen molar-refractivity contribution < 1.29 is 18.7 Å². The molecule has 5 nitrogen and oxygen atoms in total. The molecule has 1 aromatic rings. The Morgan fingerprint density at radius 3 is 3.04 bits per heavy atom. The van der Waals surface area contributed by atoms with E-state index in [1.807, 2.05) is 0 Å². The lowest BCUT2D eigenvalue weighted by atomic mass is 9.86. The first-order chi connectivity index (χ1) is 11.5. The standard InChI is InChI=1S/C18H25FN2O3/c1-13-14(19)5-3-6-15(13)20-17(22)12-21-9-8-18(7-4-10-24-18)16(11-21)23-2/h3,5-6,16H,4,7-12H2,1-2H3,(H,20,22). The molecule has 2 atom stereocenters. The Morgan fingerprint density at radius 2 is 2.33 bits per heavy atom. The van der Waals surface area contributed by atoms with E-state index in [0.717, 1.165) is 32.4 Å². The monoisotopic (exact) mass is 336 g/mol. The van der Waals surface area contributed by atoms with Crippen molar-refractivity contribution in [1.29, 1.82) is 0 Å². The van der Waals surface area contributed by atoms with Gasteiger partial charge < -0.3 is 14.8 Å². The maximum atomic E-state index is 13.6. The molecule has 2 saturated heterocycles. The van der Waals surface area contributed by atoms with E-state index in [0.29, 0.717) is 17.8 Å². The van der Waals surface area contributed by atoms with Gasteiger partial charge in [-0.3, -0.25) is 9.69 Å². The first kappa shape index (κ1) is 17.3. The zero-order chi connectivity index (χ0) is 17.2. The Labute approximate surface area is 142 Å². The number of ether oxygens (including phenoxy) is 2. The third-order valence-electron chi connectivity index (χ3n) is 5.19. The van der Waals surface area contributed by atoms with E-state index in [2.05, 4.69) is 10.2 Å². The van der Waals surface area contributed by atoms with E-state index in [1.165, 1.54) is 6.07 Å². The zero-order valence-corrected chi connectivity index (χ0v) is 14.3. The molecule has 0 radical (unpaired) electrons. The van der Waals surface area contributed by atoms with Gasteiger partial charge in [0, 0.05) is 38.1 Å². The molecule has 3 rings (SSSR count). The van der Waals surface area contributed by atoms with Crippen LogP contribution in [0.4, 0.5) is 10.1 Å². The van der Waals surface area contributed by atoms with Crippen molar-refractivity contribution in [3.05, 3.63) is 29.6 Å². The molecule has 0 aliphatic carbocycles. The Hall–Kier alpha value is -1.50. The zero-order valence-electron chi connectivity index (χ0n) is 14.3. The number of nitrogens with one attached hydrogen (secondary N) is 1. The summed E-state index contributed by atoms with van der Waals surface area (Å²) >= 11 is 0. The minimum absolute atomic E-state index is 0.0162. The third-order valence-corrected chi connectivity index (χ3v) is 5.19. The van der Waals surface area contributed by atoms with E-state index in [-0.39, 0.29) is 30.0 Å². The van der Waals surface area contributed by atoms with E-state index in [1.54, 1.807) is 26.2 Å². The number of benzene rings is 1. The summed E-state index contributed by atoms with van der Waals surface area (Å²) in [4.78, 5) is 14.4. The van der Waals surface area contributed by atoms with Crippen LogP contribution in [-0.2, 0) is 14.3 Å². The number of rotatable bonds is 4. The van der Waals surface area contributed by atoms with Crippen LogP contribution < -0.4 is 5.32 Å². The minimum atomic E-state index is -0.314. The number of carbonyl (C=O) groups excluding carboxylic acids is 1. The second-order valence-corrected chi connectivity index (χ2v) is 6.69. The maximum Gasteiger partial charge on any atom is 0.238 e. The number of piperidine rings is 1. The number of methoxy groups -OCH3 is 1. The van der Waals surface area contributed by atoms with Gasteiger partial charge in [-0.15, -0.1) is 0 Å². The highest BCUT2D eigenvalue weighted by Crippen LogP contribution is 2.37. The van der Waals surface area contributed by atoms with Crippen LogP contribution in [0, 0.1) is 12.7 Å². The van der Waals surface area contributed by atoms with Crippen LogP contribution in [-0.4, -0.2) is 55.9 Å². The predicted octanol–water partition coefficient (Wildman–Crippen LogP) is 2.34. The Morgan fingerprint density at radius 1 is 1.50 bits per heavy atom. The van der Waals surface area contributed by atoms with Crippen LogP contribution in [0.25, 0.3) is 0 Å². The Kier molecular flexibility index (Phi) is 5.18. The molecule has 2 aliphatic rings. The molecule has 24 heavy (non-hydrogen) atoms. The summed E-state index contributed by atoms with van der Waals surface area (Å²) in [6.45, 7) is 4.19. The lowest BCUT2D eigenvalue weighted by Crippen LogP contribution is -2.57. The van der Waals surface area contributed by atoms with Gasteiger partial charge >= 0.3 is 0 Å². The van der Waals surface area contributed by atoms with Crippen molar-refractivity contribution >= 4 is 11.6 Å². The number of hydrogen-bond acceptors (Lipinski definition) is 4. The van der Waals surface area contributed by atoms with Gasteiger partial charge in [0.2, 0.25) is 5.91 Å². The second-order valence-electron chi connectivity index (χ2n) is 6.69. The summed E-state index contributed by atoms with van der Waals surface area (Å²) in [6, 6.07) is 4.70. The topological polar surface area (TPSA) is 50.8 Å². The van der Waals surface area contributed by atoms with Crippen LogP contribution >= 0.6 is 0 Å². The van der Waals surface area contributed by atoms with Crippen molar-refractivity contribution in [2.24, 2.45) is 0 Å². The molecule has 0 aromatic heterocycles. The van der Waals surface area contributed by atoms with Gasteiger partial charge in [0.15, 0.2) is 0 Å². The summed E-state index contributed by atoms with van der Waals surface area (Å²) in [5, 5.41) is 2.80. The number of hydrogen-bond donors (Lipinski definition) is 1. The van der Waals surface area contributed by atoms with Crippen LogP contribution in [0.3, 0.4) is 0 Å². The molecule has 1 spiro atoms. The van der Waals surface area contributed by atoms with Gasteiger partial charge in [0.05, 0.1) is 18.2 Å². The van der Waals surface area contributed by atoms with Gasteiger partial charge in [0.1, 0.15) is 5.82 Å². The maximum absolute atomic E-state index is 13.6. The van der Waals surface area contributed by atoms with Crippen LogP contribution in [0.5, 0.6) is 0 Å². The van der Waals surface area contributed by atoms with Crippen molar-refractivity contribution in [3.63, 3.8) is 0 Å². The van der Waals surface area contributed by atoms with E-state index < -0.39 is 0 Å². The molecule has 132 valence electrons. The first-order valence-corrected chi connectivity index (χ1v) is 8.48. The largest absolute Gasteiger partial charge is 0.377 e. The normalized spacial score (nSPS) is 27.5. The molecule has 1 aromatic carbocycles. The Bertz CT molecular complexity index is 602. The van der Waals surface area contributed by atoms with Crippen LogP contribution in [0.2, 0.25) is 0 Å². The molecule has 6 heteroatoms. The van der Waals surface area contributed by atoms with Crippen molar-refractivity contribution in [3.8, 4) is 0 Å². The summed E-state index contributed by atoms with van der Waals surface area (Å²) in [5.41, 5.74) is 0.800. The lowest BCUT2D eigenvalue weighted by Gasteiger charge is -2.44. The summed E-state index contributed by atoms with van der Waals surface area (Å²) in [5.74, 6) is -0.451. The fourth-order valence-electron chi connectivity index (χ4n) is 3.74. The van der Waals surface area contributed by atoms with Gasteiger partial charge in [-0.25, -0.2) is 4.39 Å². The van der Waals surface area contributed by atoms with Crippen LogP contribution in [0.1, 0.15) is 24.8 Å². The van der Waals surface area contributed by atoms with Crippen molar-refractivity contribution in [2.75, 3.05) is 38.7 Å². The predicted molar refractivity (Wildman–Crippen MR) is 89.5 cm³/mol. The number of anilines is 1. The average molecular weight is 336 g/mol. The number of amides is 1. The fraction of sp³-hybridized carbons (Fsp3) is 0.611. The highest BCUT2D eigenvalue weighted by Gasteiger charge is 2.46. The van der Waals surface area contributed by atoms with Gasteiger partial charge in [-0.05, 0) is 38.3 Å². The quantitative estimate of drug-likeness (QED) is 0.917. The molecule has 2 heterocycles. The fourth-order valence-corrected chi connectivity index (χ4v) is 3.74. The summed E-state index contributed by atoms with van der Waals surface area (Å²) in [6.07, 6.45) is 2.95. The van der Waals surface area contributed by atoms with Crippen molar-refractivity contribution in [2.45, 2.75) is 37.9 Å². The van der Waals surface area contributed by atoms with Crippen molar-refractivity contribution in [1.82, 2.24) is 4.90 Å². The molecule has 2 unspecified atom stereocenters. The molecular formula is C18H25FN2O3. The number of nitrogens with zero attached hydrogens (tertiary/aromatic N) is 1. The molecule has 1 N–H and O–H groups in total. The van der Waals surface area contributed by atoms with Gasteiger partial charge in [-0.1, -0.05) is 6.07 Å². The van der Waals surface area contributed by atoms with E-state index in [9.17, 15) is 9.18 Å². The molecule has 1 amide bonds. The Balaban J connectivity index is 1.58. The molecular weight excluding hydrogens is 311 g/mol. The van der Waals surface area contributed by atoms with E-state index >= 15 is 0 Å². The molecule has 0 saturated carbocycles. The average Bonchev–Trinajstić information content (AvgIpc) is 3.03. The van der Waals surface area contributed by atoms with Crippen LogP contribution in [0.15, 0.2) is 18.2 Å². The van der Waals surface area contributed by atoms with Gasteiger partial charge in [-0.2, -0.15) is 0 Å². The molecule has 0 bridgehead atoms. The third kappa shape index (κ3) is 3.45. The lowest BCUT2D eigenvalue weighted by molar-refractivity contribution is -0.145. The smallest absolute Gasteiger partial charge is 0.238 e. The number of likely N-dealkylation sites (tertiary alicyclic amines) is 1. The molecule has 2 fully saturated rings. The SMILES string of the molecule is COC1CN(CC(=O)Nc2cccc(F)c2C)CCC12CCCO2. The van der Waals surface area contributed by atoms with Gasteiger partial charge in [0.25, 0.3) is 0 Å². The molecule has 2 aliphatic heterocycles. The summed E-state index contributed by atoms with van der Waals surface area (Å²) < 4.78 is 25.2. The highest BCUT2D eigenvalue weighted by atomic mass is 19.1. The number of carbonyl (C=O) groups is 1. The first-order valence-electron chi connectivity index (χ1n) is 8.48. The van der Waals surface area contributed by atoms with E-state index in [4.69, 9.17) is 9.47 Å². The highest BCUT2D eigenvalue weighted by molar-refractivity contribution is 5.93. The minimum Gasteiger partial charge on any atom is -0.377 e.